The Kier molecular flexibility index (Phi) is 4.46. The number of hydrogen-bond acceptors (Lipinski definition) is 6. The molecule has 0 amide bonds. The molecule has 1 heterocycles. The summed E-state index contributed by atoms with van der Waals surface area (Å²) in [5, 5.41) is 12.8. The second-order valence-corrected chi connectivity index (χ2v) is 6.89. The number of nitrogens with two attached hydrogens (primary N) is 1. The van der Waals surface area contributed by atoms with Crippen LogP contribution in [0.1, 0.15) is 18.8 Å². The molecule has 0 radical (unpaired) electrons. The molecule has 0 aliphatic carbocycles. The number of H-pyrrole nitrogens is 1. The van der Waals surface area contributed by atoms with Crippen molar-refractivity contribution in [1.82, 2.24) is 25.3 Å². The molecule has 2 aromatic rings. The van der Waals surface area contributed by atoms with Gasteiger partial charge in [0.05, 0.1) is 21.2 Å². The number of benzene rings is 1. The van der Waals surface area contributed by atoms with Gasteiger partial charge in [-0.15, -0.1) is 10.2 Å². The van der Waals surface area contributed by atoms with Crippen LogP contribution < -0.4 is 10.5 Å². The minimum Gasteiger partial charge on any atom is -0.395 e. The summed E-state index contributed by atoms with van der Waals surface area (Å²) in [5.74, 6) is -0.991. The second kappa shape index (κ2) is 5.83. The van der Waals surface area contributed by atoms with Gasteiger partial charge < -0.3 is 5.73 Å². The molecule has 8 nitrogen and oxygen atoms in total. The zero-order valence-electron chi connectivity index (χ0n) is 10.4. The quantitative estimate of drug-likeness (QED) is 0.526. The molecule has 0 spiro atoms. The first-order valence-electron chi connectivity index (χ1n) is 5.42. The summed E-state index contributed by atoms with van der Waals surface area (Å²) in [5.41, 5.74) is 5.07. The molecule has 1 aromatic carbocycles. The normalized spacial score (nSPS) is 13.3. The van der Waals surface area contributed by atoms with Gasteiger partial charge in [-0.1, -0.05) is 16.8 Å². The van der Waals surface area contributed by atoms with Crippen LogP contribution in [0.3, 0.4) is 0 Å². The number of anilines is 1. The Bertz CT molecular complexity index is 769. The standard InChI is InChI=1S/C9H9BrClFN6O2S/c1-3(9-14-17-18-15-9)16-21(19,20)5-2-4(11)6(10)8(13)7(5)12/h2-3,16H,13H2,1H3,(H,14,15,17,18). The van der Waals surface area contributed by atoms with E-state index in [1.807, 2.05) is 0 Å². The summed E-state index contributed by atoms with van der Waals surface area (Å²) in [7, 11) is -4.21. The van der Waals surface area contributed by atoms with E-state index in [-0.39, 0.29) is 15.3 Å². The van der Waals surface area contributed by atoms with E-state index in [0.717, 1.165) is 6.07 Å². The smallest absolute Gasteiger partial charge is 0.244 e. The summed E-state index contributed by atoms with van der Waals surface area (Å²) in [4.78, 5) is -0.663. The zero-order valence-corrected chi connectivity index (χ0v) is 13.6. The number of hydrogen-bond donors (Lipinski definition) is 3. The van der Waals surface area contributed by atoms with Crippen molar-refractivity contribution in [3.63, 3.8) is 0 Å². The predicted molar refractivity (Wildman–Crippen MR) is 76.4 cm³/mol. The van der Waals surface area contributed by atoms with Crippen molar-refractivity contribution in [3.05, 3.63) is 27.2 Å². The molecule has 1 unspecified atom stereocenters. The average Bonchev–Trinajstić information content (AvgIpc) is 2.94. The number of sulfonamides is 1. The van der Waals surface area contributed by atoms with Crippen molar-refractivity contribution in [2.45, 2.75) is 17.9 Å². The second-order valence-electron chi connectivity index (χ2n) is 4.01. The van der Waals surface area contributed by atoms with Crippen LogP contribution in [0.2, 0.25) is 5.02 Å². The Labute approximate surface area is 132 Å². The van der Waals surface area contributed by atoms with Crippen molar-refractivity contribution in [1.29, 1.82) is 0 Å². The van der Waals surface area contributed by atoms with Gasteiger partial charge >= 0.3 is 0 Å². The van der Waals surface area contributed by atoms with Crippen LogP contribution >= 0.6 is 27.5 Å². The van der Waals surface area contributed by atoms with Crippen molar-refractivity contribution in [2.24, 2.45) is 0 Å². The minimum absolute atomic E-state index is 0.0264. The van der Waals surface area contributed by atoms with E-state index < -0.39 is 32.5 Å². The summed E-state index contributed by atoms with van der Waals surface area (Å²) in [6.07, 6.45) is 0. The van der Waals surface area contributed by atoms with Gasteiger partial charge in [0.15, 0.2) is 11.6 Å². The fourth-order valence-corrected chi connectivity index (χ4v) is 3.38. The third-order valence-electron chi connectivity index (χ3n) is 2.53. The van der Waals surface area contributed by atoms with Gasteiger partial charge in [0.2, 0.25) is 10.0 Å². The maximum absolute atomic E-state index is 14.0. The van der Waals surface area contributed by atoms with Gasteiger partial charge in [0.1, 0.15) is 4.90 Å². The number of halogens is 3. The van der Waals surface area contributed by atoms with E-state index in [4.69, 9.17) is 17.3 Å². The highest BCUT2D eigenvalue weighted by Gasteiger charge is 2.27. The van der Waals surface area contributed by atoms with Crippen LogP contribution in [0.25, 0.3) is 0 Å². The van der Waals surface area contributed by atoms with E-state index in [1.165, 1.54) is 6.92 Å². The Morgan fingerprint density at radius 3 is 2.81 bits per heavy atom. The van der Waals surface area contributed by atoms with E-state index in [9.17, 15) is 12.8 Å². The topological polar surface area (TPSA) is 127 Å². The SMILES string of the molecule is CC(NS(=O)(=O)c1cc(Cl)c(Br)c(N)c1F)c1nn[nH]n1. The first-order valence-corrected chi connectivity index (χ1v) is 8.08. The molecule has 12 heteroatoms. The lowest BCUT2D eigenvalue weighted by molar-refractivity contribution is 0.543. The van der Waals surface area contributed by atoms with Crippen LogP contribution in [0.15, 0.2) is 15.4 Å². The Hall–Kier alpha value is -1.30. The molecule has 0 aliphatic heterocycles. The van der Waals surface area contributed by atoms with Crippen LogP contribution in [-0.4, -0.2) is 29.0 Å². The summed E-state index contributed by atoms with van der Waals surface area (Å²) < 4.78 is 40.8. The van der Waals surface area contributed by atoms with Gasteiger partial charge in [0.25, 0.3) is 0 Å². The van der Waals surface area contributed by atoms with Gasteiger partial charge in [-0.2, -0.15) is 5.21 Å². The largest absolute Gasteiger partial charge is 0.395 e. The van der Waals surface area contributed by atoms with Gasteiger partial charge in [-0.05, 0) is 28.9 Å². The molecule has 0 saturated carbocycles. The van der Waals surface area contributed by atoms with E-state index in [0.29, 0.717) is 0 Å². The highest BCUT2D eigenvalue weighted by Crippen LogP contribution is 2.34. The molecule has 2 rings (SSSR count). The molecule has 1 aromatic heterocycles. The minimum atomic E-state index is -4.21. The van der Waals surface area contributed by atoms with Crippen LogP contribution in [-0.2, 0) is 10.0 Å². The number of rotatable bonds is 4. The molecule has 114 valence electrons. The molecule has 0 bridgehead atoms. The van der Waals surface area contributed by atoms with Crippen LogP contribution in [0.5, 0.6) is 0 Å². The number of nitrogens with zero attached hydrogens (tertiary/aromatic N) is 3. The molecule has 0 fully saturated rings. The lowest BCUT2D eigenvalue weighted by Gasteiger charge is -2.13. The van der Waals surface area contributed by atoms with E-state index in [2.05, 4.69) is 41.3 Å². The van der Waals surface area contributed by atoms with Crippen molar-refractivity contribution in [3.8, 4) is 0 Å². The number of aromatic amines is 1. The number of nitrogens with one attached hydrogen (secondary N) is 2. The van der Waals surface area contributed by atoms with E-state index in [1.54, 1.807) is 0 Å². The van der Waals surface area contributed by atoms with Gasteiger partial charge in [-0.3, -0.25) is 0 Å². The summed E-state index contributed by atoms with van der Waals surface area (Å²) >= 11 is 8.78. The van der Waals surface area contributed by atoms with Crippen molar-refractivity contribution in [2.75, 3.05) is 5.73 Å². The van der Waals surface area contributed by atoms with Crippen LogP contribution in [0, 0.1) is 5.82 Å². The maximum Gasteiger partial charge on any atom is 0.244 e. The highest BCUT2D eigenvalue weighted by atomic mass is 79.9. The zero-order chi connectivity index (χ0) is 15.8. The fourth-order valence-electron chi connectivity index (χ4n) is 1.50. The monoisotopic (exact) mass is 398 g/mol. The molecule has 21 heavy (non-hydrogen) atoms. The molecular weight excluding hydrogens is 391 g/mol. The molecule has 1 atom stereocenters. The maximum atomic E-state index is 14.0. The average molecular weight is 400 g/mol. The van der Waals surface area contributed by atoms with Gasteiger partial charge in [0, 0.05) is 0 Å². The first kappa shape index (κ1) is 16.1. The third-order valence-corrected chi connectivity index (χ3v) is 5.45. The molecule has 0 aliphatic rings. The summed E-state index contributed by atoms with van der Waals surface area (Å²) in [6, 6.07) is 0.139. The number of aromatic nitrogens is 4. The van der Waals surface area contributed by atoms with Crippen LogP contribution in [0.4, 0.5) is 10.1 Å². The third kappa shape index (κ3) is 3.15. The fraction of sp³-hybridized carbons (Fsp3) is 0.222. The summed E-state index contributed by atoms with van der Waals surface area (Å²) in [6.45, 7) is 1.48. The lowest BCUT2D eigenvalue weighted by atomic mass is 10.3. The van der Waals surface area contributed by atoms with Gasteiger partial charge in [-0.25, -0.2) is 17.5 Å². The Balaban J connectivity index is 2.41. The molecule has 0 saturated heterocycles. The number of tetrazole rings is 1. The van der Waals surface area contributed by atoms with Crippen molar-refractivity contribution < 1.29 is 12.8 Å². The molecule has 4 N–H and O–H groups in total. The lowest BCUT2D eigenvalue weighted by Crippen LogP contribution is -2.28. The first-order chi connectivity index (χ1) is 9.74. The predicted octanol–water partition coefficient (Wildman–Crippen LogP) is 1.38. The Morgan fingerprint density at radius 1 is 1.57 bits per heavy atom. The Morgan fingerprint density at radius 2 is 2.24 bits per heavy atom. The van der Waals surface area contributed by atoms with E-state index >= 15 is 0 Å². The molecular formula is C9H9BrClFN6O2S. The highest BCUT2D eigenvalue weighted by molar-refractivity contribution is 9.10. The number of nitrogen functional groups attached to an aromatic ring is 1. The van der Waals surface area contributed by atoms with Crippen molar-refractivity contribution >= 4 is 43.2 Å².